The van der Waals surface area contributed by atoms with Gasteiger partial charge in [-0.15, -0.1) is 0 Å². The van der Waals surface area contributed by atoms with Crippen LogP contribution in [-0.4, -0.2) is 32.2 Å². The zero-order valence-corrected chi connectivity index (χ0v) is 14.2. The van der Waals surface area contributed by atoms with Crippen LogP contribution in [0.2, 0.25) is 0 Å². The molecule has 4 rings (SSSR count). The molecule has 130 valence electrons. The van der Waals surface area contributed by atoms with E-state index in [9.17, 15) is 4.79 Å². The second-order valence-electron chi connectivity index (χ2n) is 5.81. The summed E-state index contributed by atoms with van der Waals surface area (Å²) in [6, 6.07) is 16.4. The van der Waals surface area contributed by atoms with Crippen molar-refractivity contribution in [2.45, 2.75) is 6.54 Å². The molecule has 2 N–H and O–H groups in total. The standard InChI is InChI=1S/C19H17N5O2/c1-26-14-8-6-13(7-9-14)17(25)12-23-16-5-3-2-4-15(16)22-19(23)24-18(20)10-11-21-24/h2-11H,12,20H2,1H3. The van der Waals surface area contributed by atoms with Crippen LogP contribution in [0, 0.1) is 0 Å². The van der Waals surface area contributed by atoms with E-state index in [2.05, 4.69) is 10.1 Å². The molecule has 26 heavy (non-hydrogen) atoms. The Hall–Kier alpha value is -3.61. The normalized spacial score (nSPS) is 11.0. The third-order valence-electron chi connectivity index (χ3n) is 4.21. The van der Waals surface area contributed by atoms with Crippen molar-refractivity contribution < 1.29 is 9.53 Å². The van der Waals surface area contributed by atoms with Gasteiger partial charge in [-0.3, -0.25) is 4.79 Å². The summed E-state index contributed by atoms with van der Waals surface area (Å²) in [5.74, 6) is 1.64. The molecule has 0 bridgehead atoms. The van der Waals surface area contributed by atoms with E-state index in [0.29, 0.717) is 23.1 Å². The summed E-state index contributed by atoms with van der Waals surface area (Å²) in [5.41, 5.74) is 8.21. The zero-order chi connectivity index (χ0) is 18.1. The number of fused-ring (bicyclic) bond motifs is 1. The number of ketones is 1. The van der Waals surface area contributed by atoms with Crippen LogP contribution in [0.25, 0.3) is 17.0 Å². The summed E-state index contributed by atoms with van der Waals surface area (Å²) < 4.78 is 8.50. The second kappa shape index (κ2) is 6.36. The minimum atomic E-state index is -0.0391. The number of anilines is 1. The molecule has 0 aliphatic rings. The van der Waals surface area contributed by atoms with Gasteiger partial charge >= 0.3 is 0 Å². The lowest BCUT2D eigenvalue weighted by molar-refractivity contribution is 0.0973. The Kier molecular flexibility index (Phi) is 3.89. The van der Waals surface area contributed by atoms with Crippen molar-refractivity contribution in [2.24, 2.45) is 0 Å². The number of Topliss-reactive ketones (excluding diaryl/α,β-unsaturated/α-hetero) is 1. The Morgan fingerprint density at radius 2 is 1.88 bits per heavy atom. The fourth-order valence-electron chi connectivity index (χ4n) is 2.87. The number of nitrogens with zero attached hydrogens (tertiary/aromatic N) is 4. The molecule has 0 saturated carbocycles. The van der Waals surface area contributed by atoms with E-state index in [1.165, 1.54) is 4.68 Å². The molecule has 7 heteroatoms. The van der Waals surface area contributed by atoms with E-state index >= 15 is 0 Å². The highest BCUT2D eigenvalue weighted by molar-refractivity contribution is 5.97. The van der Waals surface area contributed by atoms with Crippen LogP contribution in [-0.2, 0) is 6.54 Å². The maximum absolute atomic E-state index is 12.8. The molecule has 4 aromatic rings. The maximum Gasteiger partial charge on any atom is 0.234 e. The number of para-hydroxylation sites is 2. The molecule has 2 aromatic carbocycles. The van der Waals surface area contributed by atoms with Crippen LogP contribution in [0.15, 0.2) is 60.8 Å². The monoisotopic (exact) mass is 347 g/mol. The number of imidazole rings is 1. The number of nitrogens with two attached hydrogens (primary N) is 1. The van der Waals surface area contributed by atoms with Gasteiger partial charge in [-0.2, -0.15) is 9.78 Å². The second-order valence-corrected chi connectivity index (χ2v) is 5.81. The van der Waals surface area contributed by atoms with Crippen LogP contribution in [0.3, 0.4) is 0 Å². The van der Waals surface area contributed by atoms with Gasteiger partial charge in [0.15, 0.2) is 5.78 Å². The number of ether oxygens (including phenoxy) is 1. The van der Waals surface area contributed by atoms with Crippen molar-refractivity contribution in [1.29, 1.82) is 0 Å². The van der Waals surface area contributed by atoms with Crippen LogP contribution < -0.4 is 10.5 Å². The first-order valence-electron chi connectivity index (χ1n) is 8.10. The lowest BCUT2D eigenvalue weighted by atomic mass is 10.1. The minimum Gasteiger partial charge on any atom is -0.497 e. The van der Waals surface area contributed by atoms with E-state index in [1.807, 2.05) is 28.8 Å². The van der Waals surface area contributed by atoms with Gasteiger partial charge in [0, 0.05) is 11.6 Å². The highest BCUT2D eigenvalue weighted by Gasteiger charge is 2.17. The number of carbonyl (C=O) groups is 1. The van der Waals surface area contributed by atoms with E-state index in [4.69, 9.17) is 10.5 Å². The van der Waals surface area contributed by atoms with Crippen LogP contribution >= 0.6 is 0 Å². The van der Waals surface area contributed by atoms with E-state index in [1.54, 1.807) is 43.6 Å². The number of carbonyl (C=O) groups excluding carboxylic acids is 1. The number of nitrogen functional groups attached to an aromatic ring is 1. The quantitative estimate of drug-likeness (QED) is 0.561. The topological polar surface area (TPSA) is 88.0 Å². The predicted octanol–water partition coefficient (Wildman–Crippen LogP) is 2.70. The minimum absolute atomic E-state index is 0.0391. The zero-order valence-electron chi connectivity index (χ0n) is 14.2. The van der Waals surface area contributed by atoms with Crippen molar-refractivity contribution in [3.8, 4) is 11.7 Å². The summed E-state index contributed by atoms with van der Waals surface area (Å²) in [4.78, 5) is 17.4. The molecule has 7 nitrogen and oxygen atoms in total. The molecule has 0 radical (unpaired) electrons. The van der Waals surface area contributed by atoms with Gasteiger partial charge in [-0.05, 0) is 36.4 Å². The molecule has 2 heterocycles. The molecule has 2 aromatic heterocycles. The Bertz CT molecular complexity index is 1080. The number of benzene rings is 2. The Morgan fingerprint density at radius 1 is 1.12 bits per heavy atom. The number of methoxy groups -OCH3 is 1. The molecule has 0 fully saturated rings. The first kappa shape index (κ1) is 15.9. The highest BCUT2D eigenvalue weighted by Crippen LogP contribution is 2.21. The number of aromatic nitrogens is 4. The van der Waals surface area contributed by atoms with Crippen molar-refractivity contribution in [2.75, 3.05) is 12.8 Å². The molecule has 0 spiro atoms. The largest absolute Gasteiger partial charge is 0.497 e. The van der Waals surface area contributed by atoms with Crippen molar-refractivity contribution in [1.82, 2.24) is 19.3 Å². The molecule has 0 amide bonds. The predicted molar refractivity (Wildman–Crippen MR) is 98.6 cm³/mol. The number of rotatable bonds is 5. The Morgan fingerprint density at radius 3 is 2.58 bits per heavy atom. The van der Waals surface area contributed by atoms with E-state index < -0.39 is 0 Å². The number of hydrogen-bond acceptors (Lipinski definition) is 5. The first-order valence-corrected chi connectivity index (χ1v) is 8.10. The van der Waals surface area contributed by atoms with E-state index in [0.717, 1.165) is 11.0 Å². The van der Waals surface area contributed by atoms with Crippen molar-refractivity contribution >= 4 is 22.6 Å². The molecule has 0 unspecified atom stereocenters. The average molecular weight is 347 g/mol. The summed E-state index contributed by atoms with van der Waals surface area (Å²) >= 11 is 0. The summed E-state index contributed by atoms with van der Waals surface area (Å²) in [7, 11) is 1.59. The van der Waals surface area contributed by atoms with Crippen LogP contribution in [0.4, 0.5) is 5.82 Å². The van der Waals surface area contributed by atoms with Crippen LogP contribution in [0.1, 0.15) is 10.4 Å². The molecule has 0 atom stereocenters. The van der Waals surface area contributed by atoms with Gasteiger partial charge in [0.1, 0.15) is 11.6 Å². The van der Waals surface area contributed by atoms with Gasteiger partial charge in [-0.25, -0.2) is 4.98 Å². The molecular formula is C19H17N5O2. The van der Waals surface area contributed by atoms with Crippen LogP contribution in [0.5, 0.6) is 5.75 Å². The van der Waals surface area contributed by atoms with Gasteiger partial charge in [-0.1, -0.05) is 12.1 Å². The average Bonchev–Trinajstić information content (AvgIpc) is 3.25. The summed E-state index contributed by atoms with van der Waals surface area (Å²) in [6.45, 7) is 0.126. The molecular weight excluding hydrogens is 330 g/mol. The third kappa shape index (κ3) is 2.69. The maximum atomic E-state index is 12.8. The first-order chi connectivity index (χ1) is 12.7. The summed E-state index contributed by atoms with van der Waals surface area (Å²) in [5, 5.41) is 4.23. The lowest BCUT2D eigenvalue weighted by Crippen LogP contribution is -2.16. The fourth-order valence-corrected chi connectivity index (χ4v) is 2.87. The van der Waals surface area contributed by atoms with Gasteiger partial charge in [0.2, 0.25) is 5.95 Å². The van der Waals surface area contributed by atoms with Gasteiger partial charge < -0.3 is 15.0 Å². The molecule has 0 saturated heterocycles. The van der Waals surface area contributed by atoms with Crippen molar-refractivity contribution in [3.05, 3.63) is 66.4 Å². The van der Waals surface area contributed by atoms with Gasteiger partial charge in [0.05, 0.1) is 30.9 Å². The lowest BCUT2D eigenvalue weighted by Gasteiger charge is -2.10. The molecule has 0 aliphatic carbocycles. The van der Waals surface area contributed by atoms with Gasteiger partial charge in [0.25, 0.3) is 0 Å². The number of hydrogen-bond donors (Lipinski definition) is 1. The highest BCUT2D eigenvalue weighted by atomic mass is 16.5. The third-order valence-corrected chi connectivity index (χ3v) is 4.21. The Labute approximate surface area is 149 Å². The van der Waals surface area contributed by atoms with E-state index in [-0.39, 0.29) is 12.3 Å². The fraction of sp³-hybridized carbons (Fsp3) is 0.105. The molecule has 0 aliphatic heterocycles. The summed E-state index contributed by atoms with van der Waals surface area (Å²) in [6.07, 6.45) is 1.60. The smallest absolute Gasteiger partial charge is 0.234 e. The Balaban J connectivity index is 1.77. The SMILES string of the molecule is COc1ccc(C(=O)Cn2c(-n3nccc3N)nc3ccccc32)cc1. The van der Waals surface area contributed by atoms with Crippen molar-refractivity contribution in [3.63, 3.8) is 0 Å².